The Morgan fingerprint density at radius 2 is 1.79 bits per heavy atom. The van der Waals surface area contributed by atoms with E-state index in [0.717, 1.165) is 22.5 Å². The topological polar surface area (TPSA) is 107 Å². The third-order valence-corrected chi connectivity index (χ3v) is 5.26. The Labute approximate surface area is 164 Å². The number of rotatable bonds is 6. The lowest BCUT2D eigenvalue weighted by molar-refractivity contribution is 0.0950. The number of nitrogens with one attached hydrogen (secondary N) is 1. The van der Waals surface area contributed by atoms with Gasteiger partial charge in [0.25, 0.3) is 5.91 Å². The zero-order chi connectivity index (χ0) is 20.3. The molecule has 3 aromatic rings. The van der Waals surface area contributed by atoms with Crippen LogP contribution < -0.4 is 10.5 Å². The Balaban J connectivity index is 1.65. The zero-order valence-electron chi connectivity index (χ0n) is 15.7. The molecule has 1 heterocycles. The summed E-state index contributed by atoms with van der Waals surface area (Å²) in [5, 5.41) is 12.4. The average Bonchev–Trinajstić information content (AvgIpc) is 2.96. The van der Waals surface area contributed by atoms with Gasteiger partial charge in [-0.3, -0.25) is 9.48 Å². The van der Waals surface area contributed by atoms with Gasteiger partial charge in [-0.1, -0.05) is 24.3 Å². The van der Waals surface area contributed by atoms with Crippen molar-refractivity contribution in [3.8, 4) is 0 Å². The molecule has 0 bridgehead atoms. The number of aryl methyl sites for hydroxylation is 2. The predicted octanol–water partition coefficient (Wildman–Crippen LogP) is 2.13. The largest absolute Gasteiger partial charge is 0.348 e. The highest BCUT2D eigenvalue weighted by atomic mass is 32.2. The van der Waals surface area contributed by atoms with Crippen LogP contribution in [0.15, 0.2) is 59.5 Å². The maximum absolute atomic E-state index is 12.5. The molecule has 0 unspecified atom stereocenters. The summed E-state index contributed by atoms with van der Waals surface area (Å²) in [4.78, 5) is 12.5. The number of sulfonamides is 1. The number of nitrogens with zero attached hydrogens (tertiary/aromatic N) is 2. The highest BCUT2D eigenvalue weighted by Gasteiger charge is 2.09. The van der Waals surface area contributed by atoms with Crippen LogP contribution in [0.25, 0.3) is 0 Å². The second kappa shape index (κ2) is 7.95. The normalized spacial score (nSPS) is 11.4. The van der Waals surface area contributed by atoms with Crippen LogP contribution in [-0.4, -0.2) is 24.1 Å². The van der Waals surface area contributed by atoms with E-state index >= 15 is 0 Å². The Bertz CT molecular complexity index is 1100. The second-order valence-electron chi connectivity index (χ2n) is 6.66. The van der Waals surface area contributed by atoms with Crippen molar-refractivity contribution in [1.82, 2.24) is 15.1 Å². The minimum Gasteiger partial charge on any atom is -0.348 e. The minimum atomic E-state index is -3.72. The van der Waals surface area contributed by atoms with Crippen molar-refractivity contribution >= 4 is 15.9 Å². The van der Waals surface area contributed by atoms with Crippen molar-refractivity contribution in [1.29, 1.82) is 0 Å². The number of amides is 1. The molecule has 0 aliphatic carbocycles. The molecule has 28 heavy (non-hydrogen) atoms. The Morgan fingerprint density at radius 1 is 1.07 bits per heavy atom. The molecule has 2 aromatic carbocycles. The van der Waals surface area contributed by atoms with Gasteiger partial charge in [0.2, 0.25) is 10.0 Å². The fraction of sp³-hybridized carbons (Fsp3) is 0.200. The van der Waals surface area contributed by atoms with E-state index in [1.54, 1.807) is 18.2 Å². The fourth-order valence-corrected chi connectivity index (χ4v) is 3.42. The molecule has 0 aliphatic rings. The number of aromatic nitrogens is 2. The summed E-state index contributed by atoms with van der Waals surface area (Å²) >= 11 is 0. The van der Waals surface area contributed by atoms with E-state index in [9.17, 15) is 13.2 Å². The first-order valence-corrected chi connectivity index (χ1v) is 10.3. The summed E-state index contributed by atoms with van der Waals surface area (Å²) in [5.41, 5.74) is 4.34. The van der Waals surface area contributed by atoms with E-state index in [1.807, 2.05) is 42.8 Å². The zero-order valence-corrected chi connectivity index (χ0v) is 16.5. The van der Waals surface area contributed by atoms with Gasteiger partial charge in [-0.2, -0.15) is 5.10 Å². The Kier molecular flexibility index (Phi) is 5.62. The van der Waals surface area contributed by atoms with Crippen LogP contribution in [-0.2, 0) is 23.1 Å². The van der Waals surface area contributed by atoms with Crippen LogP contribution >= 0.6 is 0 Å². The van der Waals surface area contributed by atoms with E-state index < -0.39 is 10.0 Å². The van der Waals surface area contributed by atoms with Crippen LogP contribution in [0.5, 0.6) is 0 Å². The van der Waals surface area contributed by atoms with Gasteiger partial charge in [-0.05, 0) is 55.3 Å². The maximum atomic E-state index is 12.5. The molecule has 0 atom stereocenters. The predicted molar refractivity (Wildman–Crippen MR) is 106 cm³/mol. The standard InChI is InChI=1S/C20H22N4O3S/c1-14-10-15(2)24(23-14)13-17-4-3-5-18(11-17)20(25)22-12-16-6-8-19(9-7-16)28(21,26)27/h3-11H,12-13H2,1-2H3,(H,22,25)(H2,21,26,27). The van der Waals surface area contributed by atoms with Crippen molar-refractivity contribution in [3.05, 3.63) is 82.7 Å². The van der Waals surface area contributed by atoms with Gasteiger partial charge in [0.15, 0.2) is 0 Å². The van der Waals surface area contributed by atoms with Crippen molar-refractivity contribution in [2.24, 2.45) is 5.14 Å². The van der Waals surface area contributed by atoms with Crippen LogP contribution in [0.4, 0.5) is 0 Å². The number of nitrogens with two attached hydrogens (primary N) is 1. The molecular formula is C20H22N4O3S. The lowest BCUT2D eigenvalue weighted by Crippen LogP contribution is -2.23. The minimum absolute atomic E-state index is 0.0411. The third-order valence-electron chi connectivity index (χ3n) is 4.33. The summed E-state index contributed by atoms with van der Waals surface area (Å²) < 4.78 is 24.5. The van der Waals surface area contributed by atoms with Crippen LogP contribution in [0.1, 0.15) is 32.9 Å². The number of carbonyl (C=O) groups excluding carboxylic acids is 1. The van der Waals surface area contributed by atoms with Crippen molar-refractivity contribution in [2.75, 3.05) is 0 Å². The number of primary sulfonamides is 1. The number of hydrogen-bond donors (Lipinski definition) is 2. The van der Waals surface area contributed by atoms with E-state index in [4.69, 9.17) is 5.14 Å². The molecule has 0 fully saturated rings. The number of benzene rings is 2. The second-order valence-corrected chi connectivity index (χ2v) is 8.22. The Hall–Kier alpha value is -2.97. The first kappa shape index (κ1) is 19.8. The molecule has 0 saturated heterocycles. The van der Waals surface area contributed by atoms with Crippen molar-refractivity contribution in [2.45, 2.75) is 31.8 Å². The van der Waals surface area contributed by atoms with Gasteiger partial charge in [0.1, 0.15) is 0 Å². The number of hydrogen-bond acceptors (Lipinski definition) is 4. The summed E-state index contributed by atoms with van der Waals surface area (Å²) in [6.07, 6.45) is 0. The molecule has 1 aromatic heterocycles. The van der Waals surface area contributed by atoms with Gasteiger partial charge in [0.05, 0.1) is 17.1 Å². The average molecular weight is 398 g/mol. The quantitative estimate of drug-likeness (QED) is 0.663. The van der Waals surface area contributed by atoms with Gasteiger partial charge >= 0.3 is 0 Å². The summed E-state index contributed by atoms with van der Waals surface area (Å²) in [6.45, 7) is 4.82. The molecule has 1 amide bonds. The maximum Gasteiger partial charge on any atom is 0.251 e. The van der Waals surface area contributed by atoms with Gasteiger partial charge in [-0.15, -0.1) is 0 Å². The molecule has 8 heteroatoms. The van der Waals surface area contributed by atoms with E-state index in [0.29, 0.717) is 12.1 Å². The monoisotopic (exact) mass is 398 g/mol. The molecular weight excluding hydrogens is 376 g/mol. The first-order chi connectivity index (χ1) is 13.2. The van der Waals surface area contributed by atoms with Crippen molar-refractivity contribution in [3.63, 3.8) is 0 Å². The van der Waals surface area contributed by atoms with E-state index in [-0.39, 0.29) is 17.3 Å². The molecule has 0 radical (unpaired) electrons. The van der Waals surface area contributed by atoms with Gasteiger partial charge in [-0.25, -0.2) is 13.6 Å². The number of carbonyl (C=O) groups is 1. The van der Waals surface area contributed by atoms with Crippen molar-refractivity contribution < 1.29 is 13.2 Å². The highest BCUT2D eigenvalue weighted by molar-refractivity contribution is 7.89. The van der Waals surface area contributed by atoms with Crippen LogP contribution in [0.3, 0.4) is 0 Å². The first-order valence-electron chi connectivity index (χ1n) is 8.72. The lowest BCUT2D eigenvalue weighted by atomic mass is 10.1. The highest BCUT2D eigenvalue weighted by Crippen LogP contribution is 2.11. The molecule has 7 nitrogen and oxygen atoms in total. The third kappa shape index (κ3) is 4.85. The molecule has 3 N–H and O–H groups in total. The van der Waals surface area contributed by atoms with Gasteiger partial charge < -0.3 is 5.32 Å². The summed E-state index contributed by atoms with van der Waals surface area (Å²) in [5.74, 6) is -0.203. The van der Waals surface area contributed by atoms with Crippen LogP contribution in [0.2, 0.25) is 0 Å². The molecule has 0 saturated carbocycles. The Morgan fingerprint density at radius 3 is 2.39 bits per heavy atom. The van der Waals surface area contributed by atoms with E-state index in [2.05, 4.69) is 10.4 Å². The molecule has 0 spiro atoms. The molecule has 3 rings (SSSR count). The van der Waals surface area contributed by atoms with Gasteiger partial charge in [0, 0.05) is 17.8 Å². The van der Waals surface area contributed by atoms with E-state index in [1.165, 1.54) is 12.1 Å². The smallest absolute Gasteiger partial charge is 0.251 e. The molecule has 146 valence electrons. The molecule has 0 aliphatic heterocycles. The SMILES string of the molecule is Cc1cc(C)n(Cc2cccc(C(=O)NCc3ccc(S(N)(=O)=O)cc3)c2)n1. The van der Waals surface area contributed by atoms with Crippen LogP contribution in [0, 0.1) is 13.8 Å². The summed E-state index contributed by atoms with van der Waals surface area (Å²) in [7, 11) is -3.72. The fourth-order valence-electron chi connectivity index (χ4n) is 2.90. The lowest BCUT2D eigenvalue weighted by Gasteiger charge is -2.09. The summed E-state index contributed by atoms with van der Waals surface area (Å²) in [6, 6.07) is 15.5.